The SMILES string of the molecule is CCCCNC(=O)c1csc(-c2ccc3ncc(C(=O)NCC)c(Nc4ccccc4)c3c2)n1. The van der Waals surface area contributed by atoms with Crippen LogP contribution in [0.2, 0.25) is 0 Å². The number of nitrogens with zero attached hydrogens (tertiary/aromatic N) is 2. The Morgan fingerprint density at radius 3 is 2.59 bits per heavy atom. The predicted molar refractivity (Wildman–Crippen MR) is 138 cm³/mol. The molecule has 0 saturated heterocycles. The normalized spacial score (nSPS) is 10.8. The van der Waals surface area contributed by atoms with E-state index in [-0.39, 0.29) is 11.8 Å². The topological polar surface area (TPSA) is 96.0 Å². The van der Waals surface area contributed by atoms with E-state index >= 15 is 0 Å². The number of thiazole rings is 1. The molecule has 0 aliphatic heterocycles. The number of amides is 2. The van der Waals surface area contributed by atoms with Crippen molar-refractivity contribution in [2.45, 2.75) is 26.7 Å². The Labute approximate surface area is 202 Å². The highest BCUT2D eigenvalue weighted by atomic mass is 32.1. The van der Waals surface area contributed by atoms with Crippen LogP contribution in [0.4, 0.5) is 11.4 Å². The van der Waals surface area contributed by atoms with Crippen molar-refractivity contribution in [1.82, 2.24) is 20.6 Å². The van der Waals surface area contributed by atoms with Crippen LogP contribution >= 0.6 is 11.3 Å². The van der Waals surface area contributed by atoms with Crippen molar-refractivity contribution in [2.75, 3.05) is 18.4 Å². The molecule has 0 bridgehead atoms. The van der Waals surface area contributed by atoms with Crippen LogP contribution in [0.1, 0.15) is 47.5 Å². The van der Waals surface area contributed by atoms with Crippen LogP contribution in [0.5, 0.6) is 0 Å². The molecule has 0 atom stereocenters. The van der Waals surface area contributed by atoms with E-state index in [0.717, 1.165) is 40.0 Å². The lowest BCUT2D eigenvalue weighted by Crippen LogP contribution is -2.24. The molecule has 174 valence electrons. The lowest BCUT2D eigenvalue weighted by atomic mass is 10.1. The summed E-state index contributed by atoms with van der Waals surface area (Å²) in [5.41, 5.74) is 4.03. The number of benzene rings is 2. The third-order valence-electron chi connectivity index (χ3n) is 5.29. The number of hydrogen-bond acceptors (Lipinski definition) is 6. The maximum atomic E-state index is 12.8. The predicted octanol–water partition coefficient (Wildman–Crippen LogP) is 5.38. The van der Waals surface area contributed by atoms with Gasteiger partial charge in [0.05, 0.1) is 16.8 Å². The van der Waals surface area contributed by atoms with Crippen molar-refractivity contribution >= 4 is 45.4 Å². The van der Waals surface area contributed by atoms with Gasteiger partial charge in [0.15, 0.2) is 0 Å². The van der Waals surface area contributed by atoms with E-state index in [1.807, 2.05) is 55.5 Å². The molecular weight excluding hydrogens is 446 g/mol. The highest BCUT2D eigenvalue weighted by Crippen LogP contribution is 2.33. The number of fused-ring (bicyclic) bond motifs is 1. The van der Waals surface area contributed by atoms with Crippen LogP contribution in [-0.2, 0) is 0 Å². The van der Waals surface area contributed by atoms with Crippen LogP contribution < -0.4 is 16.0 Å². The second-order valence-electron chi connectivity index (χ2n) is 7.78. The van der Waals surface area contributed by atoms with Gasteiger partial charge in [-0.3, -0.25) is 14.6 Å². The van der Waals surface area contributed by atoms with E-state index in [2.05, 4.69) is 32.8 Å². The quantitative estimate of drug-likeness (QED) is 0.284. The Hall–Kier alpha value is -3.78. The lowest BCUT2D eigenvalue weighted by Gasteiger charge is -2.15. The second kappa shape index (κ2) is 10.9. The van der Waals surface area contributed by atoms with Crippen molar-refractivity contribution in [1.29, 1.82) is 0 Å². The number of carbonyl (C=O) groups excluding carboxylic acids is 2. The van der Waals surface area contributed by atoms with Gasteiger partial charge in [-0.15, -0.1) is 11.3 Å². The van der Waals surface area contributed by atoms with Crippen molar-refractivity contribution in [3.8, 4) is 10.6 Å². The molecule has 8 heteroatoms. The zero-order valence-electron chi connectivity index (χ0n) is 19.2. The molecule has 4 aromatic rings. The number of pyridine rings is 1. The van der Waals surface area contributed by atoms with Gasteiger partial charge in [0.2, 0.25) is 0 Å². The first-order valence-electron chi connectivity index (χ1n) is 11.4. The summed E-state index contributed by atoms with van der Waals surface area (Å²) < 4.78 is 0. The number of rotatable bonds is 9. The van der Waals surface area contributed by atoms with Gasteiger partial charge >= 0.3 is 0 Å². The highest BCUT2D eigenvalue weighted by Gasteiger charge is 2.17. The number of hydrogen-bond donors (Lipinski definition) is 3. The molecule has 2 heterocycles. The lowest BCUT2D eigenvalue weighted by molar-refractivity contribution is 0.0943. The van der Waals surface area contributed by atoms with Crippen molar-refractivity contribution in [2.24, 2.45) is 0 Å². The van der Waals surface area contributed by atoms with E-state index in [0.29, 0.717) is 30.0 Å². The van der Waals surface area contributed by atoms with E-state index < -0.39 is 0 Å². The third kappa shape index (κ3) is 5.23. The largest absolute Gasteiger partial charge is 0.354 e. The molecule has 0 aliphatic carbocycles. The average Bonchev–Trinajstić information content (AvgIpc) is 3.35. The average molecular weight is 474 g/mol. The summed E-state index contributed by atoms with van der Waals surface area (Å²) in [7, 11) is 0. The van der Waals surface area contributed by atoms with Crippen molar-refractivity contribution in [3.05, 3.63) is 71.4 Å². The molecule has 0 fully saturated rings. The molecule has 0 unspecified atom stereocenters. The van der Waals surface area contributed by atoms with Gasteiger partial charge in [-0.05, 0) is 43.7 Å². The summed E-state index contributed by atoms with van der Waals surface area (Å²) in [4.78, 5) is 34.2. The summed E-state index contributed by atoms with van der Waals surface area (Å²) >= 11 is 1.42. The van der Waals surface area contributed by atoms with Crippen molar-refractivity contribution < 1.29 is 9.59 Å². The van der Waals surface area contributed by atoms with E-state index in [9.17, 15) is 9.59 Å². The minimum atomic E-state index is -0.194. The Morgan fingerprint density at radius 2 is 1.82 bits per heavy atom. The van der Waals surface area contributed by atoms with Gasteiger partial charge in [-0.2, -0.15) is 0 Å². The van der Waals surface area contributed by atoms with Gasteiger partial charge in [-0.1, -0.05) is 31.5 Å². The maximum absolute atomic E-state index is 12.8. The zero-order valence-corrected chi connectivity index (χ0v) is 20.0. The molecule has 4 rings (SSSR count). The Bertz CT molecular complexity index is 1300. The summed E-state index contributed by atoms with van der Waals surface area (Å²) in [5, 5.41) is 12.5. The molecule has 0 aliphatic rings. The maximum Gasteiger partial charge on any atom is 0.270 e. The first-order chi connectivity index (χ1) is 16.6. The Morgan fingerprint density at radius 1 is 1.00 bits per heavy atom. The van der Waals surface area contributed by atoms with Gasteiger partial charge in [0.25, 0.3) is 11.8 Å². The molecule has 34 heavy (non-hydrogen) atoms. The fraction of sp³-hybridized carbons (Fsp3) is 0.231. The summed E-state index contributed by atoms with van der Waals surface area (Å²) in [6, 6.07) is 15.5. The Balaban J connectivity index is 1.74. The number of aromatic nitrogens is 2. The highest BCUT2D eigenvalue weighted by molar-refractivity contribution is 7.13. The summed E-state index contributed by atoms with van der Waals surface area (Å²) in [5.74, 6) is -0.357. The number of anilines is 2. The number of unbranched alkanes of at least 4 members (excludes halogenated alkanes) is 1. The summed E-state index contributed by atoms with van der Waals surface area (Å²) in [6.07, 6.45) is 3.55. The minimum Gasteiger partial charge on any atom is -0.354 e. The monoisotopic (exact) mass is 473 g/mol. The Kier molecular flexibility index (Phi) is 7.49. The van der Waals surface area contributed by atoms with Crippen LogP contribution in [0.15, 0.2) is 60.1 Å². The first kappa shape index (κ1) is 23.4. The van der Waals surface area contributed by atoms with E-state index in [4.69, 9.17) is 0 Å². The minimum absolute atomic E-state index is 0.164. The molecule has 0 radical (unpaired) electrons. The van der Waals surface area contributed by atoms with E-state index in [1.54, 1.807) is 11.6 Å². The van der Waals surface area contributed by atoms with Crippen molar-refractivity contribution in [3.63, 3.8) is 0 Å². The molecular formula is C26H27N5O2S. The molecule has 3 N–H and O–H groups in total. The van der Waals surface area contributed by atoms with Gasteiger partial charge in [0, 0.05) is 41.3 Å². The van der Waals surface area contributed by atoms with E-state index in [1.165, 1.54) is 11.3 Å². The fourth-order valence-corrected chi connectivity index (χ4v) is 4.33. The molecule has 2 aromatic carbocycles. The molecule has 7 nitrogen and oxygen atoms in total. The van der Waals surface area contributed by atoms with Crippen LogP contribution in [0.3, 0.4) is 0 Å². The zero-order chi connectivity index (χ0) is 23.9. The van der Waals surface area contributed by atoms with Gasteiger partial charge in [0.1, 0.15) is 10.7 Å². The fourth-order valence-electron chi connectivity index (χ4n) is 3.53. The molecule has 0 saturated carbocycles. The third-order valence-corrected chi connectivity index (χ3v) is 6.18. The molecule has 2 aromatic heterocycles. The number of para-hydroxylation sites is 1. The standard InChI is InChI=1S/C26H27N5O2S/c1-3-5-13-28-25(33)22-16-34-26(31-22)17-11-12-21-19(14-17)23(30-18-9-7-6-8-10-18)20(15-29-21)24(32)27-4-2/h6-12,14-16H,3-5,13H2,1-2H3,(H,27,32)(H,28,33)(H,29,30). The van der Waals surface area contributed by atoms with Gasteiger partial charge < -0.3 is 16.0 Å². The van der Waals surface area contributed by atoms with Crippen LogP contribution in [0, 0.1) is 0 Å². The van der Waals surface area contributed by atoms with Gasteiger partial charge in [-0.25, -0.2) is 4.98 Å². The number of nitrogens with one attached hydrogen (secondary N) is 3. The number of carbonyl (C=O) groups is 2. The van der Waals surface area contributed by atoms with Crippen LogP contribution in [0.25, 0.3) is 21.5 Å². The second-order valence-corrected chi connectivity index (χ2v) is 8.63. The van der Waals surface area contributed by atoms with Crippen LogP contribution in [-0.4, -0.2) is 34.9 Å². The molecule has 0 spiro atoms. The first-order valence-corrected chi connectivity index (χ1v) is 12.3. The summed E-state index contributed by atoms with van der Waals surface area (Å²) in [6.45, 7) is 5.12. The molecule has 2 amide bonds. The smallest absolute Gasteiger partial charge is 0.270 e.